The van der Waals surface area contributed by atoms with Gasteiger partial charge in [-0.3, -0.25) is 14.2 Å². The summed E-state index contributed by atoms with van der Waals surface area (Å²) >= 11 is 0. The molecule has 0 aliphatic carbocycles. The summed E-state index contributed by atoms with van der Waals surface area (Å²) in [4.78, 5) is 51.0. The second kappa shape index (κ2) is 11.3. The fourth-order valence-corrected chi connectivity index (χ4v) is 5.29. The van der Waals surface area contributed by atoms with Crippen molar-refractivity contribution >= 4 is 34.9 Å². The maximum Gasteiger partial charge on any atom is 0.409 e. The number of piperidine rings is 1. The van der Waals surface area contributed by atoms with Gasteiger partial charge in [-0.15, -0.1) is 0 Å². The number of nitrogens with one attached hydrogen (secondary N) is 2. The molecule has 0 bridgehead atoms. The van der Waals surface area contributed by atoms with Crippen LogP contribution in [-0.4, -0.2) is 103 Å². The molecule has 2 aromatic rings. The van der Waals surface area contributed by atoms with Crippen molar-refractivity contribution in [3.63, 3.8) is 0 Å². The van der Waals surface area contributed by atoms with Gasteiger partial charge in [0.05, 0.1) is 12.4 Å². The molecular weight excluding hydrogens is 512 g/mol. The highest BCUT2D eigenvalue weighted by molar-refractivity contribution is 5.83. The highest BCUT2D eigenvalue weighted by Crippen LogP contribution is 2.32. The third-order valence-corrected chi connectivity index (χ3v) is 7.45. The lowest BCUT2D eigenvalue weighted by molar-refractivity contribution is -0.137. The number of amides is 3. The molecule has 3 amide bonds. The molecular formula is C24H34N8O7. The molecule has 3 saturated heterocycles. The van der Waals surface area contributed by atoms with Gasteiger partial charge in [0, 0.05) is 32.5 Å². The van der Waals surface area contributed by atoms with Crippen LogP contribution in [0.1, 0.15) is 44.7 Å². The minimum atomic E-state index is -1.42. The Morgan fingerprint density at radius 3 is 2.69 bits per heavy atom. The van der Waals surface area contributed by atoms with Crippen LogP contribution < -0.4 is 16.4 Å². The summed E-state index contributed by atoms with van der Waals surface area (Å²) in [6.45, 7) is 3.32. The van der Waals surface area contributed by atoms with E-state index < -0.39 is 30.4 Å². The van der Waals surface area contributed by atoms with Crippen molar-refractivity contribution in [1.29, 1.82) is 0 Å². The zero-order valence-corrected chi connectivity index (χ0v) is 21.7. The summed E-state index contributed by atoms with van der Waals surface area (Å²) in [5, 5.41) is 26.4. The maximum absolute atomic E-state index is 12.4. The number of fused-ring (bicyclic) bond motifs is 1. The van der Waals surface area contributed by atoms with E-state index in [2.05, 4.69) is 25.6 Å². The van der Waals surface area contributed by atoms with Gasteiger partial charge in [-0.2, -0.15) is 0 Å². The number of likely N-dealkylation sites (N-methyl/N-ethyl adjacent to an activating group) is 1. The normalized spacial score (nSPS) is 27.6. The number of rotatable bonds is 7. The molecule has 0 radical (unpaired) electrons. The molecule has 2 aromatic heterocycles. The smallest absolute Gasteiger partial charge is 0.409 e. The first kappa shape index (κ1) is 27.0. The van der Waals surface area contributed by atoms with Gasteiger partial charge in [-0.1, -0.05) is 0 Å². The highest BCUT2D eigenvalue weighted by atomic mass is 16.6. The number of anilines is 1. The number of carbonyl (C=O) groups is 3. The van der Waals surface area contributed by atoms with E-state index in [9.17, 15) is 24.6 Å². The summed E-state index contributed by atoms with van der Waals surface area (Å²) in [6.07, 6.45) is -1.05. The molecule has 15 nitrogen and oxygen atoms in total. The van der Waals surface area contributed by atoms with Gasteiger partial charge in [0.25, 0.3) is 5.91 Å². The van der Waals surface area contributed by atoms with Crippen molar-refractivity contribution in [2.75, 3.05) is 32.0 Å². The molecule has 212 valence electrons. The lowest BCUT2D eigenvalue weighted by Gasteiger charge is -2.31. The first-order valence-electron chi connectivity index (χ1n) is 13.2. The lowest BCUT2D eigenvalue weighted by Crippen LogP contribution is -2.42. The van der Waals surface area contributed by atoms with Crippen LogP contribution in [0.5, 0.6) is 0 Å². The van der Waals surface area contributed by atoms with Gasteiger partial charge in [-0.25, -0.2) is 19.7 Å². The van der Waals surface area contributed by atoms with E-state index in [1.807, 2.05) is 0 Å². The summed E-state index contributed by atoms with van der Waals surface area (Å²) in [5.41, 5.74) is 6.81. The summed E-state index contributed by atoms with van der Waals surface area (Å²) in [7, 11) is 0. The number of carbonyl (C=O) groups excluding carboxylic acids is 3. The second-order valence-corrected chi connectivity index (χ2v) is 10.2. The average molecular weight is 547 g/mol. The van der Waals surface area contributed by atoms with Gasteiger partial charge in [-0.05, 0) is 32.1 Å². The van der Waals surface area contributed by atoms with Crippen molar-refractivity contribution in [1.82, 2.24) is 35.1 Å². The van der Waals surface area contributed by atoms with E-state index >= 15 is 0 Å². The molecule has 6 N–H and O–H groups in total. The molecule has 3 aliphatic heterocycles. The Morgan fingerprint density at radius 1 is 1.23 bits per heavy atom. The second-order valence-electron chi connectivity index (χ2n) is 10.2. The van der Waals surface area contributed by atoms with Crippen molar-refractivity contribution in [3.05, 3.63) is 12.2 Å². The van der Waals surface area contributed by atoms with E-state index in [1.54, 1.807) is 11.8 Å². The predicted molar refractivity (Wildman–Crippen MR) is 135 cm³/mol. The largest absolute Gasteiger partial charge is 0.447 e. The van der Waals surface area contributed by atoms with Crippen LogP contribution in [0.2, 0.25) is 0 Å². The Kier molecular flexibility index (Phi) is 7.81. The van der Waals surface area contributed by atoms with Crippen LogP contribution in [0, 0.1) is 5.92 Å². The van der Waals surface area contributed by atoms with Crippen LogP contribution in [-0.2, 0) is 25.5 Å². The van der Waals surface area contributed by atoms with Crippen LogP contribution in [0.3, 0.4) is 0 Å². The number of nitrogens with zero attached hydrogens (tertiary/aromatic N) is 5. The molecule has 5 heterocycles. The fourth-order valence-electron chi connectivity index (χ4n) is 5.29. The van der Waals surface area contributed by atoms with E-state index in [-0.39, 0.29) is 36.4 Å². The van der Waals surface area contributed by atoms with Crippen LogP contribution in [0.15, 0.2) is 6.33 Å². The topological polar surface area (TPSA) is 207 Å². The summed E-state index contributed by atoms with van der Waals surface area (Å²) in [5.74, 6) is 0.309. The number of aromatic nitrogens is 4. The number of hydrogen-bond donors (Lipinski definition) is 5. The first-order chi connectivity index (χ1) is 18.7. The average Bonchev–Trinajstić information content (AvgIpc) is 3.61. The van der Waals surface area contributed by atoms with Gasteiger partial charge in [0.2, 0.25) is 5.91 Å². The molecule has 15 heteroatoms. The molecule has 3 fully saturated rings. The predicted octanol–water partition coefficient (Wildman–Crippen LogP) is -1.17. The van der Waals surface area contributed by atoms with Crippen molar-refractivity contribution in [2.24, 2.45) is 5.92 Å². The Hall–Kier alpha value is -3.56. The lowest BCUT2D eigenvalue weighted by atomic mass is 9.93. The first-order valence-corrected chi connectivity index (χ1v) is 13.2. The minimum Gasteiger partial charge on any atom is -0.447 e. The third-order valence-electron chi connectivity index (χ3n) is 7.45. The quantitative estimate of drug-likeness (QED) is 0.280. The van der Waals surface area contributed by atoms with Crippen molar-refractivity contribution in [3.8, 4) is 0 Å². The van der Waals surface area contributed by atoms with Crippen LogP contribution in [0.25, 0.3) is 11.2 Å². The standard InChI is InChI=1S/C24H34N8O7/c1-2-26-22(36)19-17(34)18(35)23(39-19)32-11-27-16-20(25)29-14(30-21(16)32)9-12-5-7-31(8-6-12)24(37)38-10-13-3-4-15(33)28-13/h11-13,17-19,23,34-35H,2-10H2,1H3,(H,26,36)(H,28,33)(H2,25,29,30)/t13?,17?,18?,19-,23+/m0/s1. The molecule has 0 spiro atoms. The minimum absolute atomic E-state index is 0.0194. The third kappa shape index (κ3) is 5.60. The molecule has 5 rings (SSSR count). The zero-order valence-electron chi connectivity index (χ0n) is 21.7. The molecule has 0 saturated carbocycles. The number of aliphatic hydroxyl groups is 2. The number of imidazole rings is 1. The Morgan fingerprint density at radius 2 is 2.00 bits per heavy atom. The summed E-state index contributed by atoms with van der Waals surface area (Å²) in [6, 6.07) is -0.122. The number of aliphatic hydroxyl groups excluding tert-OH is 2. The molecule has 5 atom stereocenters. The van der Waals surface area contributed by atoms with Gasteiger partial charge >= 0.3 is 6.09 Å². The van der Waals surface area contributed by atoms with Gasteiger partial charge in [0.15, 0.2) is 23.8 Å². The molecule has 3 unspecified atom stereocenters. The Bertz CT molecular complexity index is 1230. The zero-order chi connectivity index (χ0) is 27.7. The highest BCUT2D eigenvalue weighted by Gasteiger charge is 2.47. The SMILES string of the molecule is CCNC(=O)[C@H]1O[C@@H](n2cnc3c(N)nc(CC4CCN(C(=O)OCC5CCC(=O)N5)CC4)nc32)C(O)C1O. The summed E-state index contributed by atoms with van der Waals surface area (Å²) < 4.78 is 12.6. The maximum atomic E-state index is 12.4. The van der Waals surface area contributed by atoms with E-state index in [4.69, 9.17) is 15.2 Å². The Balaban J connectivity index is 1.21. The van der Waals surface area contributed by atoms with E-state index in [1.165, 1.54) is 10.9 Å². The molecule has 3 aliphatic rings. The molecule has 39 heavy (non-hydrogen) atoms. The number of likely N-dealkylation sites (tertiary alicyclic amines) is 1. The number of nitrogen functional groups attached to an aromatic ring is 1. The fraction of sp³-hybridized carbons (Fsp3) is 0.667. The van der Waals surface area contributed by atoms with Crippen molar-refractivity contribution < 1.29 is 34.1 Å². The molecule has 0 aromatic carbocycles. The number of ether oxygens (including phenoxy) is 2. The Labute approximate surface area is 224 Å². The van der Waals surface area contributed by atoms with Crippen LogP contribution >= 0.6 is 0 Å². The number of nitrogens with two attached hydrogens (primary N) is 1. The van der Waals surface area contributed by atoms with E-state index in [0.29, 0.717) is 55.9 Å². The monoisotopic (exact) mass is 546 g/mol. The van der Waals surface area contributed by atoms with Crippen molar-refractivity contribution in [2.45, 2.75) is 69.6 Å². The number of hydrogen-bond acceptors (Lipinski definition) is 11. The van der Waals surface area contributed by atoms with E-state index in [0.717, 1.165) is 12.8 Å². The van der Waals surface area contributed by atoms with Gasteiger partial charge in [0.1, 0.15) is 30.2 Å². The van der Waals surface area contributed by atoms with Crippen LogP contribution in [0.4, 0.5) is 10.6 Å². The van der Waals surface area contributed by atoms with Gasteiger partial charge < -0.3 is 41.0 Å².